The molecule has 1 heterocycles. The highest BCUT2D eigenvalue weighted by Crippen LogP contribution is 2.15. The first kappa shape index (κ1) is 11.8. The van der Waals surface area contributed by atoms with Crippen molar-refractivity contribution in [2.75, 3.05) is 13.1 Å². The van der Waals surface area contributed by atoms with E-state index >= 15 is 0 Å². The van der Waals surface area contributed by atoms with Gasteiger partial charge < -0.3 is 16.0 Å². The molecule has 0 unspecified atom stereocenters. The largest absolute Gasteiger partial charge is 0.369 e. The van der Waals surface area contributed by atoms with Gasteiger partial charge in [0.15, 0.2) is 0 Å². The predicted octanol–water partition coefficient (Wildman–Crippen LogP) is 0.158. The molecule has 5 heteroatoms. The Bertz CT molecular complexity index is 259. The SMILES string of the molecule is CC(C)[C@@H](C)NC(=O)N1CC(C(N)=O)C1. The summed E-state index contributed by atoms with van der Waals surface area (Å²) < 4.78 is 0. The van der Waals surface area contributed by atoms with E-state index in [0.29, 0.717) is 19.0 Å². The summed E-state index contributed by atoms with van der Waals surface area (Å²) in [6, 6.07) is 0.0406. The van der Waals surface area contributed by atoms with Gasteiger partial charge >= 0.3 is 6.03 Å². The number of nitrogens with one attached hydrogen (secondary N) is 1. The third kappa shape index (κ3) is 2.84. The Hall–Kier alpha value is -1.26. The highest BCUT2D eigenvalue weighted by molar-refractivity contribution is 5.82. The summed E-state index contributed by atoms with van der Waals surface area (Å²) in [6.45, 7) is 6.96. The topological polar surface area (TPSA) is 75.4 Å². The number of likely N-dealkylation sites (tertiary alicyclic amines) is 1. The number of nitrogens with zero attached hydrogens (tertiary/aromatic N) is 1. The van der Waals surface area contributed by atoms with E-state index in [0.717, 1.165) is 0 Å². The summed E-state index contributed by atoms with van der Waals surface area (Å²) in [5.74, 6) is -0.0803. The van der Waals surface area contributed by atoms with Gasteiger partial charge in [0.05, 0.1) is 5.92 Å². The Labute approximate surface area is 90.0 Å². The van der Waals surface area contributed by atoms with Crippen molar-refractivity contribution in [3.8, 4) is 0 Å². The third-order valence-corrected chi connectivity index (χ3v) is 2.92. The molecule has 0 bridgehead atoms. The van der Waals surface area contributed by atoms with Gasteiger partial charge in [-0.15, -0.1) is 0 Å². The van der Waals surface area contributed by atoms with Crippen LogP contribution in [0.5, 0.6) is 0 Å². The molecule has 0 saturated carbocycles. The summed E-state index contributed by atoms with van der Waals surface area (Å²) in [6.07, 6.45) is 0. The fraction of sp³-hybridized carbons (Fsp3) is 0.800. The second-order valence-corrected chi connectivity index (χ2v) is 4.49. The van der Waals surface area contributed by atoms with Gasteiger partial charge in [0.2, 0.25) is 5.91 Å². The van der Waals surface area contributed by atoms with Gasteiger partial charge in [0.1, 0.15) is 0 Å². The molecule has 1 rings (SSSR count). The maximum Gasteiger partial charge on any atom is 0.317 e. The van der Waals surface area contributed by atoms with Crippen LogP contribution in [0.1, 0.15) is 20.8 Å². The lowest BCUT2D eigenvalue weighted by molar-refractivity contribution is -0.125. The van der Waals surface area contributed by atoms with Crippen molar-refractivity contribution < 1.29 is 9.59 Å². The molecule has 1 aliphatic heterocycles. The van der Waals surface area contributed by atoms with Crippen LogP contribution >= 0.6 is 0 Å². The molecule has 0 radical (unpaired) electrons. The number of hydrogen-bond donors (Lipinski definition) is 2. The summed E-state index contributed by atoms with van der Waals surface area (Å²) in [7, 11) is 0. The van der Waals surface area contributed by atoms with Crippen LogP contribution in [0.2, 0.25) is 0 Å². The van der Waals surface area contributed by atoms with Gasteiger partial charge in [-0.2, -0.15) is 0 Å². The number of urea groups is 1. The molecule has 1 aliphatic rings. The summed E-state index contributed by atoms with van der Waals surface area (Å²) >= 11 is 0. The second kappa shape index (κ2) is 4.51. The van der Waals surface area contributed by atoms with Crippen molar-refractivity contribution in [2.45, 2.75) is 26.8 Å². The third-order valence-electron chi connectivity index (χ3n) is 2.92. The molecule has 5 nitrogen and oxygen atoms in total. The minimum atomic E-state index is -0.323. The minimum Gasteiger partial charge on any atom is -0.369 e. The minimum absolute atomic E-state index is 0.103. The molecule has 1 saturated heterocycles. The van der Waals surface area contributed by atoms with Crippen molar-refractivity contribution in [1.82, 2.24) is 10.2 Å². The molecule has 0 aromatic carbocycles. The Morgan fingerprint density at radius 1 is 1.33 bits per heavy atom. The van der Waals surface area contributed by atoms with E-state index in [1.807, 2.05) is 20.8 Å². The molecule has 0 aliphatic carbocycles. The van der Waals surface area contributed by atoms with Gasteiger partial charge in [-0.3, -0.25) is 4.79 Å². The van der Waals surface area contributed by atoms with Gasteiger partial charge in [-0.1, -0.05) is 13.8 Å². The van der Waals surface area contributed by atoms with Crippen molar-refractivity contribution in [1.29, 1.82) is 0 Å². The van der Waals surface area contributed by atoms with Crippen LogP contribution in [-0.2, 0) is 4.79 Å². The average Bonchev–Trinajstić information content (AvgIpc) is 1.99. The van der Waals surface area contributed by atoms with Crippen molar-refractivity contribution in [3.05, 3.63) is 0 Å². The van der Waals surface area contributed by atoms with Gasteiger partial charge in [0, 0.05) is 19.1 Å². The van der Waals surface area contributed by atoms with E-state index in [-0.39, 0.29) is 23.9 Å². The molecule has 1 atom stereocenters. The fourth-order valence-corrected chi connectivity index (χ4v) is 1.28. The molecule has 0 aromatic heterocycles. The Balaban J connectivity index is 2.29. The lowest BCUT2D eigenvalue weighted by atomic mass is 10.00. The standard InChI is InChI=1S/C10H19N3O2/c1-6(2)7(3)12-10(15)13-4-8(5-13)9(11)14/h6-8H,4-5H2,1-3H3,(H2,11,14)(H,12,15)/t7-/m1/s1. The molecule has 1 fully saturated rings. The Morgan fingerprint density at radius 3 is 2.27 bits per heavy atom. The van der Waals surface area contributed by atoms with E-state index in [4.69, 9.17) is 5.73 Å². The normalized spacial score (nSPS) is 18.5. The first-order valence-corrected chi connectivity index (χ1v) is 5.26. The summed E-state index contributed by atoms with van der Waals surface area (Å²) in [4.78, 5) is 23.9. The van der Waals surface area contributed by atoms with Crippen molar-refractivity contribution in [2.24, 2.45) is 17.6 Å². The number of rotatable bonds is 3. The van der Waals surface area contributed by atoms with Crippen LogP contribution in [0.3, 0.4) is 0 Å². The van der Waals surface area contributed by atoms with Crippen LogP contribution in [-0.4, -0.2) is 36.0 Å². The van der Waals surface area contributed by atoms with E-state index in [1.54, 1.807) is 4.90 Å². The first-order chi connectivity index (χ1) is 6.91. The van der Waals surface area contributed by atoms with Crippen LogP contribution in [0.4, 0.5) is 4.79 Å². The first-order valence-electron chi connectivity index (χ1n) is 5.26. The number of carbonyl (C=O) groups excluding carboxylic acids is 2. The molecule has 15 heavy (non-hydrogen) atoms. The van der Waals surface area contributed by atoms with Crippen LogP contribution in [0, 0.1) is 11.8 Å². The average molecular weight is 213 g/mol. The van der Waals surface area contributed by atoms with E-state index in [1.165, 1.54) is 0 Å². The maximum atomic E-state index is 11.6. The number of hydrogen-bond acceptors (Lipinski definition) is 2. The number of nitrogens with two attached hydrogens (primary N) is 1. The van der Waals surface area contributed by atoms with E-state index < -0.39 is 0 Å². The Morgan fingerprint density at radius 2 is 1.87 bits per heavy atom. The fourth-order valence-electron chi connectivity index (χ4n) is 1.28. The molecule has 86 valence electrons. The van der Waals surface area contributed by atoms with E-state index in [9.17, 15) is 9.59 Å². The lowest BCUT2D eigenvalue weighted by Gasteiger charge is -2.38. The van der Waals surface area contributed by atoms with Crippen LogP contribution < -0.4 is 11.1 Å². The van der Waals surface area contributed by atoms with Crippen LogP contribution in [0.25, 0.3) is 0 Å². The monoisotopic (exact) mass is 213 g/mol. The highest BCUT2D eigenvalue weighted by Gasteiger charge is 2.34. The maximum absolute atomic E-state index is 11.6. The summed E-state index contributed by atoms with van der Waals surface area (Å²) in [5.41, 5.74) is 5.11. The van der Waals surface area contributed by atoms with Gasteiger partial charge in [0.25, 0.3) is 0 Å². The molecule has 0 spiro atoms. The van der Waals surface area contributed by atoms with Gasteiger partial charge in [-0.25, -0.2) is 4.79 Å². The van der Waals surface area contributed by atoms with E-state index in [2.05, 4.69) is 5.32 Å². The zero-order chi connectivity index (χ0) is 11.6. The summed E-state index contributed by atoms with van der Waals surface area (Å²) in [5, 5.41) is 2.88. The molecule has 3 amide bonds. The highest BCUT2D eigenvalue weighted by atomic mass is 16.2. The quantitative estimate of drug-likeness (QED) is 0.700. The predicted molar refractivity (Wildman–Crippen MR) is 57.1 cm³/mol. The smallest absolute Gasteiger partial charge is 0.317 e. The number of amides is 3. The van der Waals surface area contributed by atoms with Crippen LogP contribution in [0.15, 0.2) is 0 Å². The molecule has 0 aromatic rings. The molecular weight excluding hydrogens is 194 g/mol. The lowest BCUT2D eigenvalue weighted by Crippen LogP contribution is -2.58. The van der Waals surface area contributed by atoms with Crippen molar-refractivity contribution in [3.63, 3.8) is 0 Å². The number of carbonyl (C=O) groups is 2. The Kier molecular flexibility index (Phi) is 3.55. The van der Waals surface area contributed by atoms with Gasteiger partial charge in [-0.05, 0) is 12.8 Å². The zero-order valence-electron chi connectivity index (χ0n) is 9.49. The molecule has 3 N–H and O–H groups in total. The second-order valence-electron chi connectivity index (χ2n) is 4.49. The zero-order valence-corrected chi connectivity index (χ0v) is 9.49. The molecular formula is C10H19N3O2. The van der Waals surface area contributed by atoms with Crippen molar-refractivity contribution >= 4 is 11.9 Å². The number of primary amides is 1.